The molecule has 3 heterocycles. The normalized spacial score (nSPS) is 17.6. The molecule has 0 bridgehead atoms. The van der Waals surface area contributed by atoms with Crippen LogP contribution < -0.4 is 14.8 Å². The van der Waals surface area contributed by atoms with Gasteiger partial charge < -0.3 is 24.7 Å². The Hall–Kier alpha value is -3.69. The van der Waals surface area contributed by atoms with E-state index in [1.807, 2.05) is 0 Å². The maximum atomic E-state index is 14.7. The summed E-state index contributed by atoms with van der Waals surface area (Å²) in [5, 5.41) is 3.02. The average molecular weight is 482 g/mol. The van der Waals surface area contributed by atoms with Gasteiger partial charge in [0.25, 0.3) is 5.91 Å². The van der Waals surface area contributed by atoms with Crippen LogP contribution in [-0.2, 0) is 4.79 Å². The van der Waals surface area contributed by atoms with E-state index < -0.39 is 5.82 Å². The molecule has 0 spiro atoms. The van der Waals surface area contributed by atoms with Crippen LogP contribution in [0, 0.1) is 18.7 Å². The molecular formula is C25H28FN5O4. The number of amides is 2. The summed E-state index contributed by atoms with van der Waals surface area (Å²) >= 11 is 0. The first-order valence-electron chi connectivity index (χ1n) is 11.8. The van der Waals surface area contributed by atoms with Gasteiger partial charge in [-0.25, -0.2) is 14.4 Å². The topological polar surface area (TPSA) is 109 Å². The molecule has 184 valence electrons. The Labute approximate surface area is 202 Å². The molecule has 1 saturated heterocycles. The van der Waals surface area contributed by atoms with Gasteiger partial charge in [-0.3, -0.25) is 9.59 Å². The quantitative estimate of drug-likeness (QED) is 0.536. The largest absolute Gasteiger partial charge is 0.494 e. The number of aryl methyl sites for hydroxylation is 1. The number of halogens is 1. The Morgan fingerprint density at radius 3 is 2.71 bits per heavy atom. The van der Waals surface area contributed by atoms with Crippen LogP contribution in [0.2, 0.25) is 0 Å². The van der Waals surface area contributed by atoms with Crippen molar-refractivity contribution in [3.8, 4) is 22.8 Å². The molecule has 2 amide bonds. The van der Waals surface area contributed by atoms with E-state index in [0.29, 0.717) is 71.3 Å². The average Bonchev–Trinajstić information content (AvgIpc) is 3.43. The predicted octanol–water partition coefficient (Wildman–Crippen LogP) is 3.22. The summed E-state index contributed by atoms with van der Waals surface area (Å²) in [4.78, 5) is 38.6. The van der Waals surface area contributed by atoms with Crippen LogP contribution in [0.5, 0.6) is 11.5 Å². The number of hydrogen-bond donors (Lipinski definition) is 2. The lowest BCUT2D eigenvalue weighted by molar-refractivity contribution is -0.127. The Morgan fingerprint density at radius 1 is 1.23 bits per heavy atom. The molecule has 1 atom stereocenters. The first-order chi connectivity index (χ1) is 16.9. The molecule has 2 aromatic heterocycles. The number of methoxy groups -OCH3 is 1. The number of aromatic amines is 1. The minimum absolute atomic E-state index is 0.00570. The number of aromatic nitrogens is 3. The number of rotatable bonds is 7. The highest BCUT2D eigenvalue weighted by Crippen LogP contribution is 2.39. The van der Waals surface area contributed by atoms with E-state index in [1.54, 1.807) is 11.8 Å². The van der Waals surface area contributed by atoms with Crippen LogP contribution in [0.3, 0.4) is 0 Å². The van der Waals surface area contributed by atoms with Gasteiger partial charge in [0, 0.05) is 43.4 Å². The highest BCUT2D eigenvalue weighted by atomic mass is 19.1. The molecule has 1 aromatic carbocycles. The molecule has 10 heteroatoms. The van der Waals surface area contributed by atoms with Gasteiger partial charge in [-0.1, -0.05) is 0 Å². The standard InChI is InChI=1S/C25H28FN5O4/c1-13-21(25(33)30-16-6-7-31(10-16)14(2)32)23-24(29-13)22(27-12-28-23)17-8-18(26)20(34-3)9-19(17)35-11-15-4-5-15/h8-9,12,15-16,29H,4-7,10-11H2,1-3H3,(H,30,33)/t16-/m1/s1. The van der Waals surface area contributed by atoms with E-state index in [2.05, 4.69) is 20.3 Å². The minimum Gasteiger partial charge on any atom is -0.494 e. The summed E-state index contributed by atoms with van der Waals surface area (Å²) in [6.45, 7) is 4.95. The zero-order chi connectivity index (χ0) is 24.7. The molecule has 5 rings (SSSR count). The van der Waals surface area contributed by atoms with Gasteiger partial charge in [0.15, 0.2) is 11.6 Å². The number of carbonyl (C=O) groups excluding carboxylic acids is 2. The molecule has 3 aromatic rings. The second-order valence-corrected chi connectivity index (χ2v) is 9.23. The van der Waals surface area contributed by atoms with Crippen LogP contribution in [0.1, 0.15) is 42.2 Å². The molecule has 0 radical (unpaired) electrons. The second kappa shape index (κ2) is 9.16. The van der Waals surface area contributed by atoms with E-state index in [4.69, 9.17) is 9.47 Å². The van der Waals surface area contributed by atoms with Gasteiger partial charge >= 0.3 is 0 Å². The molecule has 2 N–H and O–H groups in total. The van der Waals surface area contributed by atoms with E-state index >= 15 is 0 Å². The molecule has 9 nitrogen and oxygen atoms in total. The molecule has 0 unspecified atom stereocenters. The number of benzene rings is 1. The van der Waals surface area contributed by atoms with Gasteiger partial charge in [-0.15, -0.1) is 0 Å². The number of likely N-dealkylation sites (tertiary alicyclic amines) is 1. The number of hydrogen-bond acceptors (Lipinski definition) is 6. The Bertz CT molecular complexity index is 1300. The summed E-state index contributed by atoms with van der Waals surface area (Å²) < 4.78 is 25.9. The number of fused-ring (bicyclic) bond motifs is 1. The number of nitrogens with zero attached hydrogens (tertiary/aromatic N) is 3. The lowest BCUT2D eigenvalue weighted by Gasteiger charge is -2.15. The summed E-state index contributed by atoms with van der Waals surface area (Å²) in [6, 6.07) is 2.74. The van der Waals surface area contributed by atoms with Crippen molar-refractivity contribution in [1.82, 2.24) is 25.2 Å². The maximum absolute atomic E-state index is 14.7. The molecule has 1 saturated carbocycles. The molecule has 2 fully saturated rings. The highest BCUT2D eigenvalue weighted by molar-refractivity contribution is 6.09. The lowest BCUT2D eigenvalue weighted by Crippen LogP contribution is -2.38. The van der Waals surface area contributed by atoms with Crippen molar-refractivity contribution in [3.05, 3.63) is 35.5 Å². The van der Waals surface area contributed by atoms with Crippen LogP contribution in [-0.4, -0.2) is 64.5 Å². The first-order valence-corrected chi connectivity index (χ1v) is 11.8. The SMILES string of the molecule is COc1cc(OCC2CC2)c(-c2ncnc3c(C(=O)N[C@@H]4CCN(C(C)=O)C4)c(C)[nH]c23)cc1F. The van der Waals surface area contributed by atoms with Crippen molar-refractivity contribution in [2.24, 2.45) is 5.92 Å². The Balaban J connectivity index is 1.50. The summed E-state index contributed by atoms with van der Waals surface area (Å²) in [5.74, 6) is 0.230. The third-order valence-electron chi connectivity index (χ3n) is 6.65. The van der Waals surface area contributed by atoms with Crippen molar-refractivity contribution < 1.29 is 23.5 Å². The van der Waals surface area contributed by atoms with Crippen molar-refractivity contribution in [2.75, 3.05) is 26.8 Å². The van der Waals surface area contributed by atoms with Gasteiger partial charge in [0.05, 0.1) is 24.8 Å². The van der Waals surface area contributed by atoms with Crippen molar-refractivity contribution in [3.63, 3.8) is 0 Å². The van der Waals surface area contributed by atoms with Gasteiger partial charge in [0.2, 0.25) is 5.91 Å². The highest BCUT2D eigenvalue weighted by Gasteiger charge is 2.29. The second-order valence-electron chi connectivity index (χ2n) is 9.23. The molecule has 35 heavy (non-hydrogen) atoms. The fourth-order valence-corrected chi connectivity index (χ4v) is 4.51. The summed E-state index contributed by atoms with van der Waals surface area (Å²) in [7, 11) is 1.41. The Morgan fingerprint density at radius 2 is 2.03 bits per heavy atom. The molecule has 1 aliphatic heterocycles. The third-order valence-corrected chi connectivity index (χ3v) is 6.65. The van der Waals surface area contributed by atoms with Gasteiger partial charge in [0.1, 0.15) is 23.3 Å². The van der Waals surface area contributed by atoms with Crippen LogP contribution in [0.4, 0.5) is 4.39 Å². The van der Waals surface area contributed by atoms with Gasteiger partial charge in [-0.05, 0) is 38.2 Å². The van der Waals surface area contributed by atoms with Crippen LogP contribution in [0.15, 0.2) is 18.5 Å². The molecule has 1 aliphatic carbocycles. The Kier molecular flexibility index (Phi) is 6.04. The number of H-pyrrole nitrogens is 1. The van der Waals surface area contributed by atoms with Crippen molar-refractivity contribution in [1.29, 1.82) is 0 Å². The molecule has 2 aliphatic rings. The fourth-order valence-electron chi connectivity index (χ4n) is 4.51. The van der Waals surface area contributed by atoms with Crippen LogP contribution in [0.25, 0.3) is 22.3 Å². The lowest BCUT2D eigenvalue weighted by atomic mass is 10.1. The number of nitrogens with one attached hydrogen (secondary N) is 2. The minimum atomic E-state index is -0.537. The number of ether oxygens (including phenoxy) is 2. The van der Waals surface area contributed by atoms with E-state index in [9.17, 15) is 14.0 Å². The monoisotopic (exact) mass is 481 g/mol. The van der Waals surface area contributed by atoms with E-state index in [0.717, 1.165) is 12.8 Å². The maximum Gasteiger partial charge on any atom is 0.255 e. The summed E-state index contributed by atoms with van der Waals surface area (Å²) in [5.41, 5.74) is 2.88. The zero-order valence-electron chi connectivity index (χ0n) is 20.0. The first kappa shape index (κ1) is 23.1. The van der Waals surface area contributed by atoms with Gasteiger partial charge in [-0.2, -0.15) is 0 Å². The summed E-state index contributed by atoms with van der Waals surface area (Å²) in [6.07, 6.45) is 4.29. The van der Waals surface area contributed by atoms with Crippen molar-refractivity contribution in [2.45, 2.75) is 39.2 Å². The third kappa shape index (κ3) is 4.52. The predicted molar refractivity (Wildman–Crippen MR) is 127 cm³/mol. The smallest absolute Gasteiger partial charge is 0.255 e. The molecular weight excluding hydrogens is 453 g/mol. The van der Waals surface area contributed by atoms with E-state index in [1.165, 1.54) is 32.5 Å². The van der Waals surface area contributed by atoms with Crippen molar-refractivity contribution >= 4 is 22.8 Å². The van der Waals surface area contributed by atoms with E-state index in [-0.39, 0.29) is 23.6 Å². The fraction of sp³-hybridized carbons (Fsp3) is 0.440. The van der Waals surface area contributed by atoms with Crippen LogP contribution >= 0.6 is 0 Å². The zero-order valence-corrected chi connectivity index (χ0v) is 20.0. The number of carbonyl (C=O) groups is 2.